The van der Waals surface area contributed by atoms with Gasteiger partial charge in [0.25, 0.3) is 0 Å². The first kappa shape index (κ1) is 18.4. The predicted molar refractivity (Wildman–Crippen MR) is 106 cm³/mol. The molecule has 136 valence electrons. The minimum absolute atomic E-state index is 0.0354. The molecule has 5 heteroatoms. The lowest BCUT2D eigenvalue weighted by Gasteiger charge is -2.24. The van der Waals surface area contributed by atoms with E-state index in [1.165, 1.54) is 0 Å². The van der Waals surface area contributed by atoms with E-state index >= 15 is 0 Å². The summed E-state index contributed by atoms with van der Waals surface area (Å²) in [6.45, 7) is -0.0354. The minimum atomic E-state index is -0.733. The summed E-state index contributed by atoms with van der Waals surface area (Å²) in [6, 6.07) is 27.2. The van der Waals surface area contributed by atoms with Gasteiger partial charge in [-0.1, -0.05) is 66.7 Å². The van der Waals surface area contributed by atoms with Crippen molar-refractivity contribution in [2.24, 2.45) is 5.73 Å². The van der Waals surface area contributed by atoms with E-state index in [-0.39, 0.29) is 12.5 Å². The molecule has 3 aromatic rings. The van der Waals surface area contributed by atoms with Gasteiger partial charge in [-0.25, -0.2) is 0 Å². The molecule has 0 saturated carbocycles. The van der Waals surface area contributed by atoms with E-state index in [1.54, 1.807) is 17.0 Å². The lowest BCUT2D eigenvalue weighted by Crippen LogP contribution is -2.41. The summed E-state index contributed by atoms with van der Waals surface area (Å²) in [4.78, 5) is 26.5. The van der Waals surface area contributed by atoms with Gasteiger partial charge in [0.2, 0.25) is 11.8 Å². The van der Waals surface area contributed by atoms with Crippen molar-refractivity contribution >= 4 is 23.2 Å². The standard InChI is InChI=1S/C22H21N3O2/c23-22(27)21(17-10-4-1-5-11-17)24-16-20(26)25(18-12-6-2-7-13-18)19-14-8-3-9-15-19/h1-15,21,24H,16H2,(H2,23,27). The number of nitrogens with zero attached hydrogens (tertiary/aromatic N) is 1. The van der Waals surface area contributed by atoms with Crippen LogP contribution in [0.5, 0.6) is 0 Å². The molecule has 0 aliphatic heterocycles. The van der Waals surface area contributed by atoms with Crippen molar-refractivity contribution in [2.45, 2.75) is 6.04 Å². The largest absolute Gasteiger partial charge is 0.368 e. The second-order valence-electron chi connectivity index (χ2n) is 6.03. The molecule has 3 N–H and O–H groups in total. The number of carbonyl (C=O) groups is 2. The van der Waals surface area contributed by atoms with E-state index in [0.29, 0.717) is 0 Å². The number of anilines is 2. The zero-order valence-corrected chi connectivity index (χ0v) is 14.8. The number of hydrogen-bond acceptors (Lipinski definition) is 3. The number of rotatable bonds is 7. The fraction of sp³-hybridized carbons (Fsp3) is 0.0909. The minimum Gasteiger partial charge on any atom is -0.368 e. The molecule has 0 aliphatic rings. The quantitative estimate of drug-likeness (QED) is 0.680. The van der Waals surface area contributed by atoms with Gasteiger partial charge >= 0.3 is 0 Å². The summed E-state index contributed by atoms with van der Waals surface area (Å²) in [6.07, 6.45) is 0. The van der Waals surface area contributed by atoms with Crippen molar-refractivity contribution in [3.05, 3.63) is 96.6 Å². The molecule has 0 aliphatic carbocycles. The Morgan fingerprint density at radius 2 is 1.22 bits per heavy atom. The van der Waals surface area contributed by atoms with Crippen LogP contribution < -0.4 is 16.0 Å². The Morgan fingerprint density at radius 3 is 1.67 bits per heavy atom. The van der Waals surface area contributed by atoms with Gasteiger partial charge in [-0.05, 0) is 29.8 Å². The van der Waals surface area contributed by atoms with E-state index in [0.717, 1.165) is 16.9 Å². The normalized spacial score (nSPS) is 11.6. The highest BCUT2D eigenvalue weighted by Gasteiger charge is 2.22. The third kappa shape index (κ3) is 4.59. The second-order valence-corrected chi connectivity index (χ2v) is 6.03. The van der Waals surface area contributed by atoms with Crippen LogP contribution in [0.3, 0.4) is 0 Å². The smallest absolute Gasteiger partial charge is 0.245 e. The zero-order valence-electron chi connectivity index (χ0n) is 14.8. The third-order valence-electron chi connectivity index (χ3n) is 4.15. The van der Waals surface area contributed by atoms with Gasteiger partial charge in [-0.15, -0.1) is 0 Å². The molecule has 0 aromatic heterocycles. The number of benzene rings is 3. The van der Waals surface area contributed by atoms with Gasteiger partial charge in [0, 0.05) is 11.4 Å². The van der Waals surface area contributed by atoms with Crippen LogP contribution in [0.2, 0.25) is 0 Å². The SMILES string of the molecule is NC(=O)C(NCC(=O)N(c1ccccc1)c1ccccc1)c1ccccc1. The van der Waals surface area contributed by atoms with Crippen LogP contribution in [-0.4, -0.2) is 18.4 Å². The number of carbonyl (C=O) groups excluding carboxylic acids is 2. The molecule has 5 nitrogen and oxygen atoms in total. The van der Waals surface area contributed by atoms with Crippen molar-refractivity contribution in [3.63, 3.8) is 0 Å². The molecule has 1 unspecified atom stereocenters. The molecule has 3 rings (SSSR count). The van der Waals surface area contributed by atoms with Crippen LogP contribution in [0.25, 0.3) is 0 Å². The van der Waals surface area contributed by atoms with Crippen molar-refractivity contribution in [1.29, 1.82) is 0 Å². The van der Waals surface area contributed by atoms with Crippen LogP contribution in [0, 0.1) is 0 Å². The van der Waals surface area contributed by atoms with Crippen LogP contribution in [-0.2, 0) is 9.59 Å². The van der Waals surface area contributed by atoms with Gasteiger partial charge in [-0.3, -0.25) is 19.8 Å². The number of amides is 2. The summed E-state index contributed by atoms with van der Waals surface area (Å²) in [5.41, 5.74) is 7.76. The summed E-state index contributed by atoms with van der Waals surface area (Å²) in [7, 11) is 0. The maximum absolute atomic E-state index is 13.0. The van der Waals surface area contributed by atoms with Crippen molar-refractivity contribution < 1.29 is 9.59 Å². The van der Waals surface area contributed by atoms with Gasteiger partial charge in [0.1, 0.15) is 6.04 Å². The summed E-state index contributed by atoms with van der Waals surface area (Å²) >= 11 is 0. The summed E-state index contributed by atoms with van der Waals surface area (Å²) in [5, 5.41) is 2.99. The summed E-state index contributed by atoms with van der Waals surface area (Å²) in [5.74, 6) is -0.713. The highest BCUT2D eigenvalue weighted by molar-refractivity contribution is 6.01. The van der Waals surface area contributed by atoms with E-state index in [9.17, 15) is 9.59 Å². The number of para-hydroxylation sites is 2. The Balaban J connectivity index is 1.81. The molecule has 27 heavy (non-hydrogen) atoms. The summed E-state index contributed by atoms with van der Waals surface area (Å²) < 4.78 is 0. The Hall–Kier alpha value is -3.44. The molecule has 0 spiro atoms. The third-order valence-corrected chi connectivity index (χ3v) is 4.15. The average molecular weight is 359 g/mol. The van der Waals surface area contributed by atoms with Crippen molar-refractivity contribution in [2.75, 3.05) is 11.4 Å². The first-order chi connectivity index (χ1) is 13.2. The van der Waals surface area contributed by atoms with Crippen LogP contribution in [0.15, 0.2) is 91.0 Å². The van der Waals surface area contributed by atoms with Gasteiger partial charge in [-0.2, -0.15) is 0 Å². The highest BCUT2D eigenvalue weighted by atomic mass is 16.2. The second kappa shape index (κ2) is 8.78. The number of nitrogens with one attached hydrogen (secondary N) is 1. The van der Waals surface area contributed by atoms with Crippen LogP contribution >= 0.6 is 0 Å². The number of primary amides is 1. The zero-order chi connectivity index (χ0) is 19.1. The maximum atomic E-state index is 13.0. The molecule has 0 bridgehead atoms. The molecular formula is C22H21N3O2. The van der Waals surface area contributed by atoms with Crippen LogP contribution in [0.1, 0.15) is 11.6 Å². The monoisotopic (exact) mass is 359 g/mol. The Morgan fingerprint density at radius 1 is 0.778 bits per heavy atom. The van der Waals surface area contributed by atoms with E-state index in [2.05, 4.69) is 5.32 Å². The Kier molecular flexibility index (Phi) is 5.97. The number of hydrogen-bond donors (Lipinski definition) is 2. The van der Waals surface area contributed by atoms with Gasteiger partial charge in [0.15, 0.2) is 0 Å². The molecule has 1 atom stereocenters. The lowest BCUT2D eigenvalue weighted by atomic mass is 10.1. The molecule has 3 aromatic carbocycles. The van der Waals surface area contributed by atoms with Gasteiger partial charge < -0.3 is 5.73 Å². The number of nitrogens with two attached hydrogens (primary N) is 1. The predicted octanol–water partition coefficient (Wildman–Crippen LogP) is 3.17. The first-order valence-electron chi connectivity index (χ1n) is 8.67. The molecular weight excluding hydrogens is 338 g/mol. The lowest BCUT2D eigenvalue weighted by molar-refractivity contribution is -0.120. The molecule has 0 radical (unpaired) electrons. The fourth-order valence-electron chi connectivity index (χ4n) is 2.89. The van der Waals surface area contributed by atoms with Gasteiger partial charge in [0.05, 0.1) is 6.54 Å². The van der Waals surface area contributed by atoms with Crippen molar-refractivity contribution in [3.8, 4) is 0 Å². The van der Waals surface area contributed by atoms with Crippen LogP contribution in [0.4, 0.5) is 11.4 Å². The molecule has 2 amide bonds. The Labute approximate surface area is 158 Å². The average Bonchev–Trinajstić information content (AvgIpc) is 2.70. The molecule has 0 saturated heterocycles. The van der Waals surface area contributed by atoms with E-state index in [4.69, 9.17) is 5.73 Å². The van der Waals surface area contributed by atoms with E-state index in [1.807, 2.05) is 78.9 Å². The topological polar surface area (TPSA) is 75.4 Å². The molecule has 0 heterocycles. The fourth-order valence-corrected chi connectivity index (χ4v) is 2.89. The highest BCUT2D eigenvalue weighted by Crippen LogP contribution is 2.25. The van der Waals surface area contributed by atoms with Crippen molar-refractivity contribution in [1.82, 2.24) is 5.32 Å². The maximum Gasteiger partial charge on any atom is 0.245 e. The Bertz CT molecular complexity index is 844. The molecule has 0 fully saturated rings. The first-order valence-corrected chi connectivity index (χ1v) is 8.67. The van der Waals surface area contributed by atoms with E-state index < -0.39 is 11.9 Å².